The number of anilines is 1. The van der Waals surface area contributed by atoms with Crippen LogP contribution in [0.1, 0.15) is 40.7 Å². The maximum Gasteiger partial charge on any atom is 0.260 e. The molecule has 34 heavy (non-hydrogen) atoms. The van der Waals surface area contributed by atoms with E-state index in [0.717, 1.165) is 36.4 Å². The van der Waals surface area contributed by atoms with Crippen LogP contribution in [-0.4, -0.2) is 29.8 Å². The summed E-state index contributed by atoms with van der Waals surface area (Å²) in [6.07, 6.45) is 5.49. The number of piperidine rings is 1. The lowest BCUT2D eigenvalue weighted by Crippen LogP contribution is -2.36. The Hall–Kier alpha value is -3.77. The Balaban J connectivity index is 1.38. The van der Waals surface area contributed by atoms with E-state index >= 15 is 0 Å². The minimum Gasteiger partial charge on any atom is -0.361 e. The highest BCUT2D eigenvalue weighted by Gasteiger charge is 2.27. The lowest BCUT2D eigenvalue weighted by atomic mass is 9.91. The lowest BCUT2D eigenvalue weighted by molar-refractivity contribution is -0.114. The van der Waals surface area contributed by atoms with Crippen molar-refractivity contribution in [3.05, 3.63) is 95.4 Å². The predicted octanol–water partition coefficient (Wildman–Crippen LogP) is 5.20. The Morgan fingerprint density at radius 2 is 1.53 bits per heavy atom. The van der Waals surface area contributed by atoms with Gasteiger partial charge in [0.25, 0.3) is 11.8 Å². The van der Waals surface area contributed by atoms with E-state index in [-0.39, 0.29) is 5.82 Å². The molecule has 0 spiro atoms. The summed E-state index contributed by atoms with van der Waals surface area (Å²) in [5, 5.41) is 5.60. The maximum atomic E-state index is 13.3. The third-order valence-corrected chi connectivity index (χ3v) is 6.40. The van der Waals surface area contributed by atoms with Gasteiger partial charge in [0.2, 0.25) is 0 Å². The van der Waals surface area contributed by atoms with E-state index in [0.29, 0.717) is 16.7 Å². The van der Waals surface area contributed by atoms with Gasteiger partial charge < -0.3 is 5.32 Å². The van der Waals surface area contributed by atoms with Crippen molar-refractivity contribution < 1.29 is 14.0 Å². The fourth-order valence-electron chi connectivity index (χ4n) is 4.53. The number of hydrogen-bond donors (Lipinski definition) is 2. The second-order valence-corrected chi connectivity index (χ2v) is 8.79. The van der Waals surface area contributed by atoms with Gasteiger partial charge >= 0.3 is 0 Å². The van der Waals surface area contributed by atoms with E-state index in [4.69, 9.17) is 0 Å². The molecule has 1 saturated heterocycles. The van der Waals surface area contributed by atoms with Crippen molar-refractivity contribution in [2.24, 2.45) is 0 Å². The van der Waals surface area contributed by atoms with Gasteiger partial charge in [0.05, 0.1) is 5.57 Å². The van der Waals surface area contributed by atoms with Crippen LogP contribution >= 0.6 is 0 Å². The molecule has 2 heterocycles. The molecule has 0 aliphatic carbocycles. The molecule has 0 aromatic heterocycles. The van der Waals surface area contributed by atoms with Gasteiger partial charge in [-0.1, -0.05) is 36.8 Å². The highest BCUT2D eigenvalue weighted by Crippen LogP contribution is 2.30. The van der Waals surface area contributed by atoms with E-state index in [9.17, 15) is 14.0 Å². The molecule has 0 bridgehead atoms. The Labute approximate surface area is 198 Å². The Morgan fingerprint density at radius 3 is 2.26 bits per heavy atom. The zero-order valence-electron chi connectivity index (χ0n) is 18.8. The number of nitrogens with one attached hydrogen (secondary N) is 2. The number of benzene rings is 3. The van der Waals surface area contributed by atoms with Crippen LogP contribution in [0.25, 0.3) is 16.7 Å². The summed E-state index contributed by atoms with van der Waals surface area (Å²) < 4.78 is 13.3. The summed E-state index contributed by atoms with van der Waals surface area (Å²) in [5.74, 6) is -1.20. The van der Waals surface area contributed by atoms with Crippen molar-refractivity contribution in [2.45, 2.75) is 25.8 Å². The Bertz CT molecular complexity index is 1240. The molecule has 0 unspecified atom stereocenters. The van der Waals surface area contributed by atoms with E-state index in [1.165, 1.54) is 37.0 Å². The first-order valence-electron chi connectivity index (χ1n) is 11.6. The van der Waals surface area contributed by atoms with Crippen LogP contribution in [0.4, 0.5) is 10.1 Å². The normalized spacial score (nSPS) is 17.4. The number of fused-ring (bicyclic) bond motifs is 1. The van der Waals surface area contributed by atoms with Gasteiger partial charge in [0, 0.05) is 29.6 Å². The van der Waals surface area contributed by atoms with E-state index < -0.39 is 11.8 Å². The van der Waals surface area contributed by atoms with Crippen molar-refractivity contribution in [1.29, 1.82) is 0 Å². The molecule has 3 aromatic rings. The Kier molecular flexibility index (Phi) is 6.23. The van der Waals surface area contributed by atoms with Gasteiger partial charge in [0.1, 0.15) is 5.82 Å². The topological polar surface area (TPSA) is 61.4 Å². The summed E-state index contributed by atoms with van der Waals surface area (Å²) in [5.41, 5.74) is 5.07. The first kappa shape index (κ1) is 22.0. The van der Waals surface area contributed by atoms with Crippen LogP contribution in [0.3, 0.4) is 0 Å². The zero-order chi connectivity index (χ0) is 23.5. The number of carbonyl (C=O) groups excluding carboxylic acids is 2. The van der Waals surface area contributed by atoms with Crippen molar-refractivity contribution >= 4 is 23.1 Å². The molecule has 5 nitrogen and oxygen atoms in total. The molecular formula is C28H26FN3O2. The molecule has 5 rings (SSSR count). The maximum absolute atomic E-state index is 13.3. The minimum atomic E-state index is -0.456. The molecule has 2 aliphatic heterocycles. The number of amides is 2. The molecule has 0 atom stereocenters. The predicted molar refractivity (Wildman–Crippen MR) is 131 cm³/mol. The average molecular weight is 456 g/mol. The van der Waals surface area contributed by atoms with E-state index in [1.54, 1.807) is 36.5 Å². The van der Waals surface area contributed by atoms with Crippen LogP contribution in [-0.2, 0) is 11.3 Å². The molecule has 1 fully saturated rings. The van der Waals surface area contributed by atoms with Crippen LogP contribution < -0.4 is 10.6 Å². The molecular weight excluding hydrogens is 429 g/mol. The van der Waals surface area contributed by atoms with Gasteiger partial charge in [-0.15, -0.1) is 0 Å². The van der Waals surface area contributed by atoms with Gasteiger partial charge in [-0.25, -0.2) is 4.39 Å². The largest absolute Gasteiger partial charge is 0.361 e. The van der Waals surface area contributed by atoms with Crippen LogP contribution in [0.15, 0.2) is 72.9 Å². The third kappa shape index (κ3) is 4.77. The quantitative estimate of drug-likeness (QED) is 0.410. The molecule has 2 N–H and O–H groups in total. The molecule has 0 saturated carbocycles. The number of nitrogens with zero attached hydrogens (tertiary/aromatic N) is 1. The number of imide groups is 1. The average Bonchev–Trinajstić information content (AvgIpc) is 2.86. The highest BCUT2D eigenvalue weighted by molar-refractivity contribution is 6.31. The first-order valence-corrected chi connectivity index (χ1v) is 11.6. The lowest BCUT2D eigenvalue weighted by Gasteiger charge is -2.26. The fourth-order valence-corrected chi connectivity index (χ4v) is 4.53. The Morgan fingerprint density at radius 1 is 0.824 bits per heavy atom. The summed E-state index contributed by atoms with van der Waals surface area (Å²) in [6.45, 7) is 3.25. The molecule has 2 amide bonds. The van der Waals surface area contributed by atoms with Crippen LogP contribution in [0.2, 0.25) is 0 Å². The summed E-state index contributed by atoms with van der Waals surface area (Å²) in [7, 11) is 0. The number of carbonyl (C=O) groups is 2. The molecule has 0 radical (unpaired) electrons. The standard InChI is InChI=1S/C28H26FN3O2/c29-22-9-6-20(7-10-22)21-8-13-24-25(16-21)26(28(34)31-27(24)33)17-30-23-11-4-19(5-12-23)18-32-14-2-1-3-15-32/h4-13,16-17,30H,1-3,14-15,18H2,(H,31,33,34). The van der Waals surface area contributed by atoms with Crippen LogP contribution in [0, 0.1) is 5.82 Å². The van der Waals surface area contributed by atoms with Crippen molar-refractivity contribution in [3.8, 4) is 11.1 Å². The van der Waals surface area contributed by atoms with Gasteiger partial charge in [-0.3, -0.25) is 19.8 Å². The smallest absolute Gasteiger partial charge is 0.260 e. The van der Waals surface area contributed by atoms with E-state index in [2.05, 4.69) is 27.7 Å². The highest BCUT2D eigenvalue weighted by atomic mass is 19.1. The summed E-state index contributed by atoms with van der Waals surface area (Å²) >= 11 is 0. The molecule has 3 aromatic carbocycles. The van der Waals surface area contributed by atoms with Crippen molar-refractivity contribution in [1.82, 2.24) is 10.2 Å². The van der Waals surface area contributed by atoms with Crippen LogP contribution in [0.5, 0.6) is 0 Å². The second kappa shape index (κ2) is 9.61. The van der Waals surface area contributed by atoms with Gasteiger partial charge in [-0.05, 0) is 79.0 Å². The zero-order valence-corrected chi connectivity index (χ0v) is 18.8. The van der Waals surface area contributed by atoms with E-state index in [1.807, 2.05) is 12.1 Å². The van der Waals surface area contributed by atoms with Gasteiger partial charge in [0.15, 0.2) is 0 Å². The third-order valence-electron chi connectivity index (χ3n) is 6.40. The van der Waals surface area contributed by atoms with Crippen molar-refractivity contribution in [2.75, 3.05) is 18.4 Å². The summed E-state index contributed by atoms with van der Waals surface area (Å²) in [4.78, 5) is 27.5. The number of halogens is 1. The molecule has 2 aliphatic rings. The first-order chi connectivity index (χ1) is 16.6. The number of likely N-dealkylation sites (tertiary alicyclic amines) is 1. The SMILES string of the molecule is O=C1NC(=O)c2ccc(-c3ccc(F)cc3)cc2C1=CNc1ccc(CN2CCCCC2)cc1. The van der Waals surface area contributed by atoms with Crippen molar-refractivity contribution in [3.63, 3.8) is 0 Å². The molecule has 6 heteroatoms. The fraction of sp³-hybridized carbons (Fsp3) is 0.214. The minimum absolute atomic E-state index is 0.317. The number of rotatable bonds is 5. The summed E-state index contributed by atoms with van der Waals surface area (Å²) in [6, 6.07) is 19.6. The van der Waals surface area contributed by atoms with Gasteiger partial charge in [-0.2, -0.15) is 0 Å². The number of hydrogen-bond acceptors (Lipinski definition) is 4. The second-order valence-electron chi connectivity index (χ2n) is 8.79. The monoisotopic (exact) mass is 455 g/mol. The molecule has 172 valence electrons.